The molecule has 1 amide bonds. The van der Waals surface area contributed by atoms with E-state index < -0.39 is 17.6 Å². The fourth-order valence-electron chi connectivity index (χ4n) is 2.82. The van der Waals surface area contributed by atoms with Crippen LogP contribution in [0.2, 0.25) is 0 Å². The van der Waals surface area contributed by atoms with Gasteiger partial charge in [-0.3, -0.25) is 4.79 Å². The maximum absolute atomic E-state index is 12.8. The molecule has 0 saturated carbocycles. The average Bonchev–Trinajstić information content (AvgIpc) is 2.60. The summed E-state index contributed by atoms with van der Waals surface area (Å²) >= 11 is 0. The lowest BCUT2D eigenvalue weighted by atomic mass is 9.99. The monoisotopic (exact) mass is 343 g/mol. The fourth-order valence-corrected chi connectivity index (χ4v) is 2.82. The van der Waals surface area contributed by atoms with E-state index >= 15 is 0 Å². The minimum absolute atomic E-state index is 0.0121. The Bertz CT molecular complexity index is 913. The summed E-state index contributed by atoms with van der Waals surface area (Å²) in [6.07, 6.45) is -4.47. The van der Waals surface area contributed by atoms with Gasteiger partial charge in [0.1, 0.15) is 0 Å². The molecule has 0 aliphatic rings. The van der Waals surface area contributed by atoms with E-state index in [1.807, 2.05) is 49.4 Å². The minimum atomic E-state index is -4.47. The zero-order chi connectivity index (χ0) is 18.0. The summed E-state index contributed by atoms with van der Waals surface area (Å²) < 4.78 is 38.4. The third kappa shape index (κ3) is 3.65. The lowest BCUT2D eigenvalue weighted by molar-refractivity contribution is -0.137. The van der Waals surface area contributed by atoms with Crippen molar-refractivity contribution in [2.75, 3.05) is 0 Å². The van der Waals surface area contributed by atoms with Crippen LogP contribution < -0.4 is 5.32 Å². The largest absolute Gasteiger partial charge is 0.416 e. The van der Waals surface area contributed by atoms with Crippen molar-refractivity contribution in [2.45, 2.75) is 19.1 Å². The Hall–Kier alpha value is -2.82. The topological polar surface area (TPSA) is 29.1 Å². The number of amides is 1. The van der Waals surface area contributed by atoms with Gasteiger partial charge in [-0.2, -0.15) is 13.2 Å². The lowest BCUT2D eigenvalue weighted by Crippen LogP contribution is -2.27. The summed E-state index contributed by atoms with van der Waals surface area (Å²) in [6, 6.07) is 17.6. The van der Waals surface area contributed by atoms with Gasteiger partial charge in [-0.1, -0.05) is 48.5 Å². The van der Waals surface area contributed by atoms with Gasteiger partial charge >= 0.3 is 6.18 Å². The Morgan fingerprint density at radius 3 is 2.40 bits per heavy atom. The molecule has 5 heteroatoms. The first kappa shape index (κ1) is 17.0. The Labute approximate surface area is 143 Å². The van der Waals surface area contributed by atoms with Gasteiger partial charge in [-0.05, 0) is 41.5 Å². The summed E-state index contributed by atoms with van der Waals surface area (Å²) in [5, 5.41) is 4.82. The van der Waals surface area contributed by atoms with E-state index in [1.165, 1.54) is 12.1 Å². The van der Waals surface area contributed by atoms with Crippen LogP contribution in [0.25, 0.3) is 10.8 Å². The SMILES string of the molecule is CC(NC(=O)c1cccc(C(F)(F)F)c1)c1cccc2ccccc12. The third-order valence-electron chi connectivity index (χ3n) is 4.09. The zero-order valence-corrected chi connectivity index (χ0v) is 13.5. The number of halogens is 3. The number of carbonyl (C=O) groups excluding carboxylic acids is 1. The van der Waals surface area contributed by atoms with Crippen LogP contribution in [0, 0.1) is 0 Å². The van der Waals surface area contributed by atoms with Gasteiger partial charge in [0.05, 0.1) is 11.6 Å². The first-order valence-corrected chi connectivity index (χ1v) is 7.82. The van der Waals surface area contributed by atoms with Crippen LogP contribution >= 0.6 is 0 Å². The normalized spacial score (nSPS) is 12.8. The molecule has 1 atom stereocenters. The van der Waals surface area contributed by atoms with Gasteiger partial charge in [0, 0.05) is 5.56 Å². The molecule has 0 aromatic heterocycles. The Kier molecular flexibility index (Phi) is 4.49. The highest BCUT2D eigenvalue weighted by atomic mass is 19.4. The van der Waals surface area contributed by atoms with Crippen LogP contribution in [-0.2, 0) is 6.18 Å². The number of fused-ring (bicyclic) bond motifs is 1. The average molecular weight is 343 g/mol. The quantitative estimate of drug-likeness (QED) is 0.682. The second kappa shape index (κ2) is 6.59. The van der Waals surface area contributed by atoms with Crippen molar-refractivity contribution in [3.63, 3.8) is 0 Å². The number of hydrogen-bond acceptors (Lipinski definition) is 1. The van der Waals surface area contributed by atoms with Gasteiger partial charge in [0.25, 0.3) is 5.91 Å². The number of hydrogen-bond donors (Lipinski definition) is 1. The van der Waals surface area contributed by atoms with Crippen molar-refractivity contribution in [2.24, 2.45) is 0 Å². The standard InChI is InChI=1S/C20H16F3NO/c1-13(17-11-5-7-14-6-2-3-10-18(14)17)24-19(25)15-8-4-9-16(12-15)20(21,22)23/h2-13H,1H3,(H,24,25). The molecule has 0 radical (unpaired) electrons. The van der Waals surface area contributed by atoms with Crippen molar-refractivity contribution >= 4 is 16.7 Å². The van der Waals surface area contributed by atoms with Crippen LogP contribution in [0.3, 0.4) is 0 Å². The van der Waals surface area contributed by atoms with Crippen molar-refractivity contribution in [1.29, 1.82) is 0 Å². The predicted molar refractivity (Wildman–Crippen MR) is 91.3 cm³/mol. The summed E-state index contributed by atoms with van der Waals surface area (Å²) in [5.74, 6) is -0.536. The number of carbonyl (C=O) groups is 1. The molecule has 128 valence electrons. The number of alkyl halides is 3. The number of benzene rings is 3. The minimum Gasteiger partial charge on any atom is -0.345 e. The Morgan fingerprint density at radius 2 is 1.64 bits per heavy atom. The second-order valence-electron chi connectivity index (χ2n) is 5.84. The number of nitrogens with one attached hydrogen (secondary N) is 1. The van der Waals surface area contributed by atoms with Crippen LogP contribution in [0.1, 0.15) is 34.5 Å². The highest BCUT2D eigenvalue weighted by Gasteiger charge is 2.31. The number of rotatable bonds is 3. The van der Waals surface area contributed by atoms with E-state index in [0.29, 0.717) is 0 Å². The molecule has 0 fully saturated rings. The molecule has 0 heterocycles. The third-order valence-corrected chi connectivity index (χ3v) is 4.09. The Morgan fingerprint density at radius 1 is 0.960 bits per heavy atom. The summed E-state index contributed by atoms with van der Waals surface area (Å²) in [5.41, 5.74) is 0.0679. The maximum atomic E-state index is 12.8. The molecule has 0 spiro atoms. The molecule has 0 bridgehead atoms. The Balaban J connectivity index is 1.85. The van der Waals surface area contributed by atoms with Crippen LogP contribution in [0.4, 0.5) is 13.2 Å². The van der Waals surface area contributed by atoms with Crippen LogP contribution in [-0.4, -0.2) is 5.91 Å². The highest BCUT2D eigenvalue weighted by molar-refractivity contribution is 5.95. The molecule has 3 rings (SSSR count). The molecular formula is C20H16F3NO. The molecular weight excluding hydrogens is 327 g/mol. The molecule has 1 unspecified atom stereocenters. The lowest BCUT2D eigenvalue weighted by Gasteiger charge is -2.17. The molecule has 2 nitrogen and oxygen atoms in total. The van der Waals surface area contributed by atoms with Gasteiger partial charge in [0.2, 0.25) is 0 Å². The fraction of sp³-hybridized carbons (Fsp3) is 0.150. The van der Waals surface area contributed by atoms with Crippen LogP contribution in [0.15, 0.2) is 66.7 Å². The smallest absolute Gasteiger partial charge is 0.345 e. The van der Waals surface area contributed by atoms with E-state index in [0.717, 1.165) is 28.5 Å². The van der Waals surface area contributed by atoms with E-state index in [4.69, 9.17) is 0 Å². The summed E-state index contributed by atoms with van der Waals surface area (Å²) in [7, 11) is 0. The first-order chi connectivity index (χ1) is 11.9. The van der Waals surface area contributed by atoms with E-state index in [-0.39, 0.29) is 11.6 Å². The van der Waals surface area contributed by atoms with Gasteiger partial charge in [0.15, 0.2) is 0 Å². The predicted octanol–water partition coefficient (Wildman–Crippen LogP) is 5.35. The van der Waals surface area contributed by atoms with Crippen molar-refractivity contribution in [3.05, 3.63) is 83.4 Å². The first-order valence-electron chi connectivity index (χ1n) is 7.82. The van der Waals surface area contributed by atoms with Gasteiger partial charge in [-0.25, -0.2) is 0 Å². The van der Waals surface area contributed by atoms with Gasteiger partial charge < -0.3 is 5.32 Å². The summed E-state index contributed by atoms with van der Waals surface area (Å²) in [4.78, 5) is 12.4. The van der Waals surface area contributed by atoms with Crippen LogP contribution in [0.5, 0.6) is 0 Å². The van der Waals surface area contributed by atoms with Crippen molar-refractivity contribution < 1.29 is 18.0 Å². The highest BCUT2D eigenvalue weighted by Crippen LogP contribution is 2.30. The molecule has 3 aromatic carbocycles. The molecule has 0 aliphatic heterocycles. The second-order valence-corrected chi connectivity index (χ2v) is 5.84. The molecule has 3 aromatic rings. The maximum Gasteiger partial charge on any atom is 0.416 e. The van der Waals surface area contributed by atoms with Gasteiger partial charge in [-0.15, -0.1) is 0 Å². The zero-order valence-electron chi connectivity index (χ0n) is 13.5. The molecule has 25 heavy (non-hydrogen) atoms. The van der Waals surface area contributed by atoms with E-state index in [2.05, 4.69) is 5.32 Å². The van der Waals surface area contributed by atoms with Crippen molar-refractivity contribution in [1.82, 2.24) is 5.32 Å². The molecule has 0 aliphatic carbocycles. The van der Waals surface area contributed by atoms with Crippen molar-refractivity contribution in [3.8, 4) is 0 Å². The molecule has 0 saturated heterocycles. The molecule has 1 N–H and O–H groups in total. The van der Waals surface area contributed by atoms with E-state index in [9.17, 15) is 18.0 Å². The summed E-state index contributed by atoms with van der Waals surface area (Å²) in [6.45, 7) is 1.81. The van der Waals surface area contributed by atoms with E-state index in [1.54, 1.807) is 0 Å².